The van der Waals surface area contributed by atoms with Crippen LogP contribution in [-0.4, -0.2) is 50.8 Å². The summed E-state index contributed by atoms with van der Waals surface area (Å²) in [5, 5.41) is 24.3. The SMILES string of the molecule is Cc1c2c(cc3c1C(=O)C[C@H]1[C@@]3(C)CC[C@@]3(C)[C@@H]4C[C@@H](C)C(=O)[C@H](O)[C@]4(C)CC[C@]13C)O[C@@]1(O)C(=O)C=C3C(=CC=C4[C@@]3(C)CC[C@@]3(C)[C@@H]5C[C@@H](C)C(=O)C[C@]5(C)CC[C@]43C)[C@@]1(C)O2. The van der Waals surface area contributed by atoms with E-state index in [0.29, 0.717) is 47.2 Å². The summed E-state index contributed by atoms with van der Waals surface area (Å²) < 4.78 is 13.8. The molecule has 0 aromatic heterocycles. The number of allylic oxidation sites excluding steroid dienone is 3. The van der Waals surface area contributed by atoms with E-state index in [2.05, 4.69) is 74.5 Å². The molecule has 1 aromatic carbocycles. The second-order valence-corrected chi connectivity index (χ2v) is 25.7. The van der Waals surface area contributed by atoms with Gasteiger partial charge in [0.05, 0.1) is 0 Å². The topological polar surface area (TPSA) is 127 Å². The van der Waals surface area contributed by atoms with Crippen LogP contribution in [0.2, 0.25) is 0 Å². The molecular weight excluding hydrogens is 801 g/mol. The highest BCUT2D eigenvalue weighted by molar-refractivity contribution is 6.04. The number of aliphatic hydroxyl groups is 2. The summed E-state index contributed by atoms with van der Waals surface area (Å²) in [6.45, 7) is 26.5. The predicted octanol–water partition coefficient (Wildman–Crippen LogP) is 10.5. The highest BCUT2D eigenvalue weighted by Crippen LogP contribution is 2.77. The number of benzene rings is 1. The van der Waals surface area contributed by atoms with E-state index in [1.807, 2.05) is 19.9 Å². The molecule has 11 rings (SSSR count). The molecule has 8 heteroatoms. The lowest BCUT2D eigenvalue weighted by atomic mass is 9.33. The first kappa shape index (κ1) is 43.2. The van der Waals surface area contributed by atoms with Crippen molar-refractivity contribution in [1.82, 2.24) is 0 Å². The largest absolute Gasteiger partial charge is 0.471 e. The fourth-order valence-electron chi connectivity index (χ4n) is 18.6. The van der Waals surface area contributed by atoms with E-state index >= 15 is 0 Å². The van der Waals surface area contributed by atoms with Crippen molar-refractivity contribution < 1.29 is 38.9 Å². The number of fused-ring (bicyclic) bond motifs is 17. The van der Waals surface area contributed by atoms with Gasteiger partial charge in [0.2, 0.25) is 11.4 Å². The zero-order chi connectivity index (χ0) is 46.1. The van der Waals surface area contributed by atoms with E-state index in [0.717, 1.165) is 80.9 Å². The van der Waals surface area contributed by atoms with Gasteiger partial charge < -0.3 is 19.7 Å². The summed E-state index contributed by atoms with van der Waals surface area (Å²) in [5.74, 6) is -1.34. The number of carbonyl (C=O) groups excluding carboxylic acids is 4. The molecule has 0 radical (unpaired) electrons. The Kier molecular flexibility index (Phi) is 8.37. The van der Waals surface area contributed by atoms with Crippen molar-refractivity contribution in [3.05, 3.63) is 57.7 Å². The molecule has 9 aliphatic carbocycles. The van der Waals surface area contributed by atoms with Gasteiger partial charge in [-0.2, -0.15) is 0 Å². The molecule has 344 valence electrons. The van der Waals surface area contributed by atoms with Crippen molar-refractivity contribution >= 4 is 23.1 Å². The van der Waals surface area contributed by atoms with Gasteiger partial charge in [-0.1, -0.05) is 87.0 Å². The van der Waals surface area contributed by atoms with E-state index < -0.39 is 39.5 Å². The standard InChI is InChI=1S/C56H72O8/c1-29-23-39-47(4,28-36(29)58)15-19-51(8)38-14-13-32-33(48(38,5)16-20-52(39,51)9)26-42(59)56(62)55(32,12)64-45-31(3)43-34(25-37(45)63-56)49(6)17-21-53(10)40-24-30(2)44(60)46(61)50(40,7)18-22-54(53,11)41(49)27-35(43)57/h13-14,25-26,29-30,39-41,46,61-62H,15-24,27-28H2,1-12H3/t29-,30-,39-,40-,41+,46+,47+,48+,49+,50-,51-,52+,53+,54-,55-,56+/m1/s1. The Labute approximate surface area is 380 Å². The molecule has 1 aliphatic heterocycles. The first-order chi connectivity index (χ1) is 29.6. The van der Waals surface area contributed by atoms with Crippen LogP contribution in [-0.2, 0) is 19.8 Å². The molecular formula is C56H72O8. The Bertz CT molecular complexity index is 2510. The summed E-state index contributed by atoms with van der Waals surface area (Å²) >= 11 is 0. The Hall–Kier alpha value is -3.36. The number of ketones is 4. The number of hydrogen-bond acceptors (Lipinski definition) is 8. The van der Waals surface area contributed by atoms with Crippen LogP contribution in [0.25, 0.3) is 0 Å². The minimum atomic E-state index is -2.35. The summed E-state index contributed by atoms with van der Waals surface area (Å²) in [6.07, 6.45) is 14.7. The van der Waals surface area contributed by atoms with Crippen LogP contribution >= 0.6 is 0 Å². The maximum atomic E-state index is 14.9. The highest BCUT2D eigenvalue weighted by Gasteiger charge is 2.73. The van der Waals surface area contributed by atoms with Gasteiger partial charge in [-0.05, 0) is 152 Å². The van der Waals surface area contributed by atoms with Crippen molar-refractivity contribution in [1.29, 1.82) is 0 Å². The Balaban J connectivity index is 0.978. The van der Waals surface area contributed by atoms with E-state index in [-0.39, 0.29) is 62.3 Å². The zero-order valence-electron chi connectivity index (χ0n) is 40.6. The van der Waals surface area contributed by atoms with Gasteiger partial charge in [-0.25, -0.2) is 0 Å². The lowest BCUT2D eigenvalue weighted by Crippen LogP contribution is -2.70. The quantitative estimate of drug-likeness (QED) is 0.264. The lowest BCUT2D eigenvalue weighted by molar-refractivity contribution is -0.231. The number of hydrogen-bond donors (Lipinski definition) is 2. The third-order valence-corrected chi connectivity index (χ3v) is 23.2. The normalized spacial score (nSPS) is 52.1. The first-order valence-corrected chi connectivity index (χ1v) is 24.9. The second-order valence-electron chi connectivity index (χ2n) is 25.7. The Morgan fingerprint density at radius 1 is 0.703 bits per heavy atom. The average molecular weight is 873 g/mol. The zero-order valence-corrected chi connectivity index (χ0v) is 40.6. The molecule has 0 spiro atoms. The van der Waals surface area contributed by atoms with Crippen molar-refractivity contribution in [3.8, 4) is 11.5 Å². The molecule has 6 fully saturated rings. The second kappa shape index (κ2) is 12.4. The lowest BCUT2D eigenvalue weighted by Gasteiger charge is -2.71. The van der Waals surface area contributed by atoms with Crippen LogP contribution in [0.5, 0.6) is 11.5 Å². The molecule has 16 atom stereocenters. The summed E-state index contributed by atoms with van der Waals surface area (Å²) in [7, 11) is 0. The average Bonchev–Trinajstić information content (AvgIpc) is 3.23. The maximum absolute atomic E-state index is 14.9. The van der Waals surface area contributed by atoms with Gasteiger partial charge in [-0.15, -0.1) is 0 Å². The van der Waals surface area contributed by atoms with Gasteiger partial charge in [-0.3, -0.25) is 19.2 Å². The van der Waals surface area contributed by atoms with E-state index in [9.17, 15) is 29.4 Å². The minimum Gasteiger partial charge on any atom is -0.471 e. The Morgan fingerprint density at radius 2 is 1.36 bits per heavy atom. The Morgan fingerprint density at radius 3 is 2.08 bits per heavy atom. The van der Waals surface area contributed by atoms with Crippen LogP contribution in [0.1, 0.15) is 175 Å². The highest BCUT2D eigenvalue weighted by atomic mass is 16.7. The van der Waals surface area contributed by atoms with E-state index in [1.54, 1.807) is 13.0 Å². The smallest absolute Gasteiger partial charge is 0.317 e. The van der Waals surface area contributed by atoms with Gasteiger partial charge >= 0.3 is 5.79 Å². The number of aliphatic hydroxyl groups excluding tert-OH is 1. The van der Waals surface area contributed by atoms with Crippen LogP contribution in [0.3, 0.4) is 0 Å². The minimum absolute atomic E-state index is 0.000684. The van der Waals surface area contributed by atoms with Gasteiger partial charge in [0.15, 0.2) is 23.1 Å². The third kappa shape index (κ3) is 4.61. The van der Waals surface area contributed by atoms with Crippen molar-refractivity contribution in [2.24, 2.45) is 67.5 Å². The fourth-order valence-corrected chi connectivity index (χ4v) is 18.6. The van der Waals surface area contributed by atoms with Crippen molar-refractivity contribution in [3.63, 3.8) is 0 Å². The van der Waals surface area contributed by atoms with Gasteiger partial charge in [0.1, 0.15) is 11.9 Å². The monoisotopic (exact) mass is 873 g/mol. The van der Waals surface area contributed by atoms with Gasteiger partial charge in [0, 0.05) is 52.2 Å². The van der Waals surface area contributed by atoms with E-state index in [1.165, 1.54) is 5.57 Å². The summed E-state index contributed by atoms with van der Waals surface area (Å²) in [4.78, 5) is 56.0. The van der Waals surface area contributed by atoms with E-state index in [4.69, 9.17) is 9.47 Å². The molecule has 10 aliphatic rings. The third-order valence-electron chi connectivity index (χ3n) is 23.2. The maximum Gasteiger partial charge on any atom is 0.317 e. The molecule has 2 N–H and O–H groups in total. The van der Waals surface area contributed by atoms with Crippen LogP contribution in [0.15, 0.2) is 41.0 Å². The van der Waals surface area contributed by atoms with Crippen molar-refractivity contribution in [2.75, 3.05) is 0 Å². The molecule has 0 bridgehead atoms. The predicted molar refractivity (Wildman–Crippen MR) is 244 cm³/mol. The van der Waals surface area contributed by atoms with Gasteiger partial charge in [0.25, 0.3) is 0 Å². The van der Waals surface area contributed by atoms with Crippen LogP contribution in [0.4, 0.5) is 0 Å². The van der Waals surface area contributed by atoms with Crippen LogP contribution in [0, 0.1) is 74.4 Å². The molecule has 6 saturated carbocycles. The molecule has 1 aromatic rings. The first-order valence-electron chi connectivity index (χ1n) is 24.9. The molecule has 0 unspecified atom stereocenters. The molecule has 0 saturated heterocycles. The fraction of sp³-hybridized carbons (Fsp3) is 0.714. The van der Waals surface area contributed by atoms with Crippen LogP contribution < -0.4 is 9.47 Å². The molecule has 8 nitrogen and oxygen atoms in total. The number of rotatable bonds is 0. The summed E-state index contributed by atoms with van der Waals surface area (Å²) in [6, 6.07) is 1.92. The number of Topliss-reactive ketones (excluding diaryl/α,β-unsaturated/α-hetero) is 3. The number of carbonyl (C=O) groups is 4. The molecule has 1 heterocycles. The molecule has 0 amide bonds. The molecule has 64 heavy (non-hydrogen) atoms. The van der Waals surface area contributed by atoms with Crippen molar-refractivity contribution in [2.45, 2.75) is 183 Å². The number of ether oxygens (including phenoxy) is 2. The summed E-state index contributed by atoms with van der Waals surface area (Å²) in [5.41, 5.74) is 1.56.